The zero-order valence-electron chi connectivity index (χ0n) is 13.8. The molecule has 0 unspecified atom stereocenters. The van der Waals surface area contributed by atoms with Crippen molar-refractivity contribution in [3.05, 3.63) is 53.1 Å². The second kappa shape index (κ2) is 6.96. The SMILES string of the molecule is Cc1cnc(C(=O)NCCN2CC[C@@H](c3ccccc3C)C2)[nH]1. The second-order valence-electron chi connectivity index (χ2n) is 6.31. The number of nitrogens with one attached hydrogen (secondary N) is 2. The van der Waals surface area contributed by atoms with E-state index in [0.717, 1.165) is 25.3 Å². The average Bonchev–Trinajstić information content (AvgIpc) is 3.17. The van der Waals surface area contributed by atoms with E-state index in [-0.39, 0.29) is 5.91 Å². The number of rotatable bonds is 5. The third-order valence-electron chi connectivity index (χ3n) is 4.53. The van der Waals surface area contributed by atoms with E-state index in [4.69, 9.17) is 0 Å². The summed E-state index contributed by atoms with van der Waals surface area (Å²) in [5, 5.41) is 2.93. The number of nitrogens with zero attached hydrogens (tertiary/aromatic N) is 2. The zero-order chi connectivity index (χ0) is 16.2. The summed E-state index contributed by atoms with van der Waals surface area (Å²) >= 11 is 0. The van der Waals surface area contributed by atoms with E-state index in [1.54, 1.807) is 6.20 Å². The third-order valence-corrected chi connectivity index (χ3v) is 4.53. The Morgan fingerprint density at radius 2 is 2.22 bits per heavy atom. The van der Waals surface area contributed by atoms with Gasteiger partial charge in [-0.05, 0) is 43.9 Å². The van der Waals surface area contributed by atoms with Crippen molar-refractivity contribution in [1.82, 2.24) is 20.2 Å². The molecule has 0 radical (unpaired) electrons. The molecule has 1 amide bonds. The van der Waals surface area contributed by atoms with E-state index < -0.39 is 0 Å². The van der Waals surface area contributed by atoms with Crippen molar-refractivity contribution in [2.24, 2.45) is 0 Å². The summed E-state index contributed by atoms with van der Waals surface area (Å²) in [6.07, 6.45) is 2.86. The third kappa shape index (κ3) is 3.79. The van der Waals surface area contributed by atoms with Crippen LogP contribution in [0.1, 0.15) is 39.8 Å². The Balaban J connectivity index is 1.45. The Morgan fingerprint density at radius 1 is 1.39 bits per heavy atom. The lowest BCUT2D eigenvalue weighted by Crippen LogP contribution is -2.34. The number of imidazole rings is 1. The lowest BCUT2D eigenvalue weighted by atomic mass is 9.94. The summed E-state index contributed by atoms with van der Waals surface area (Å²) < 4.78 is 0. The highest BCUT2D eigenvalue weighted by atomic mass is 16.2. The van der Waals surface area contributed by atoms with Crippen LogP contribution < -0.4 is 5.32 Å². The van der Waals surface area contributed by atoms with E-state index in [1.165, 1.54) is 17.5 Å². The molecule has 1 aromatic heterocycles. The van der Waals surface area contributed by atoms with Crippen molar-refractivity contribution < 1.29 is 4.79 Å². The summed E-state index contributed by atoms with van der Waals surface area (Å²) in [5.74, 6) is 0.870. The Morgan fingerprint density at radius 3 is 2.96 bits per heavy atom. The maximum atomic E-state index is 11.9. The Kier molecular flexibility index (Phi) is 4.76. The molecule has 5 nitrogen and oxygen atoms in total. The fourth-order valence-electron chi connectivity index (χ4n) is 3.27. The fraction of sp³-hybridized carbons (Fsp3) is 0.444. The van der Waals surface area contributed by atoms with Crippen molar-refractivity contribution in [1.29, 1.82) is 0 Å². The molecule has 0 aliphatic carbocycles. The lowest BCUT2D eigenvalue weighted by molar-refractivity contribution is 0.0940. The zero-order valence-corrected chi connectivity index (χ0v) is 13.8. The highest BCUT2D eigenvalue weighted by molar-refractivity contribution is 5.90. The molecule has 23 heavy (non-hydrogen) atoms. The first-order valence-electron chi connectivity index (χ1n) is 8.21. The lowest BCUT2D eigenvalue weighted by Gasteiger charge is -2.17. The van der Waals surface area contributed by atoms with Crippen molar-refractivity contribution in [2.75, 3.05) is 26.2 Å². The maximum absolute atomic E-state index is 11.9. The van der Waals surface area contributed by atoms with Gasteiger partial charge in [0.1, 0.15) is 0 Å². The number of benzene rings is 1. The summed E-state index contributed by atoms with van der Waals surface area (Å²) in [5.41, 5.74) is 3.74. The van der Waals surface area contributed by atoms with Crippen LogP contribution >= 0.6 is 0 Å². The van der Waals surface area contributed by atoms with Crippen LogP contribution in [0, 0.1) is 13.8 Å². The van der Waals surface area contributed by atoms with Gasteiger partial charge < -0.3 is 15.2 Å². The van der Waals surface area contributed by atoms with Crippen molar-refractivity contribution in [3.63, 3.8) is 0 Å². The first-order valence-corrected chi connectivity index (χ1v) is 8.21. The van der Waals surface area contributed by atoms with Crippen LogP contribution in [0.2, 0.25) is 0 Å². The minimum absolute atomic E-state index is 0.132. The Bertz CT molecular complexity index is 679. The van der Waals surface area contributed by atoms with Gasteiger partial charge in [0.2, 0.25) is 0 Å². The van der Waals surface area contributed by atoms with Gasteiger partial charge in [0, 0.05) is 31.5 Å². The molecule has 1 fully saturated rings. The highest BCUT2D eigenvalue weighted by Crippen LogP contribution is 2.28. The molecule has 1 atom stereocenters. The largest absolute Gasteiger partial charge is 0.348 e. The first-order chi connectivity index (χ1) is 11.1. The number of aryl methyl sites for hydroxylation is 2. The predicted molar refractivity (Wildman–Crippen MR) is 90.6 cm³/mol. The highest BCUT2D eigenvalue weighted by Gasteiger charge is 2.24. The molecular formula is C18H24N4O. The molecule has 5 heteroatoms. The molecule has 0 bridgehead atoms. The Hall–Kier alpha value is -2.14. The predicted octanol–water partition coefficient (Wildman–Crippen LogP) is 2.25. The van der Waals surface area contributed by atoms with Crippen LogP contribution in [0.3, 0.4) is 0 Å². The smallest absolute Gasteiger partial charge is 0.287 e. The standard InChI is InChI=1S/C18H24N4O/c1-13-5-3-4-6-16(13)15-7-9-22(12-15)10-8-19-18(23)17-20-11-14(2)21-17/h3-6,11,15H,7-10,12H2,1-2H3,(H,19,23)(H,20,21)/t15-/m1/s1. The molecule has 0 saturated carbocycles. The van der Waals surface area contributed by atoms with Gasteiger partial charge in [-0.2, -0.15) is 0 Å². The minimum atomic E-state index is -0.132. The molecule has 2 aromatic rings. The van der Waals surface area contributed by atoms with Crippen LogP contribution in [0.5, 0.6) is 0 Å². The van der Waals surface area contributed by atoms with Crippen molar-refractivity contribution in [3.8, 4) is 0 Å². The quantitative estimate of drug-likeness (QED) is 0.890. The molecule has 1 aliphatic rings. The molecule has 1 aliphatic heterocycles. The molecule has 1 aromatic carbocycles. The molecular weight excluding hydrogens is 288 g/mol. The second-order valence-corrected chi connectivity index (χ2v) is 6.31. The van der Waals surface area contributed by atoms with Gasteiger partial charge in [0.05, 0.1) is 0 Å². The van der Waals surface area contributed by atoms with Gasteiger partial charge in [-0.25, -0.2) is 4.98 Å². The van der Waals surface area contributed by atoms with Crippen LogP contribution in [-0.2, 0) is 0 Å². The fourth-order valence-corrected chi connectivity index (χ4v) is 3.27. The summed E-state index contributed by atoms with van der Waals surface area (Å²) in [6.45, 7) is 7.77. The first kappa shape index (κ1) is 15.7. The maximum Gasteiger partial charge on any atom is 0.287 e. The van der Waals surface area contributed by atoms with Gasteiger partial charge >= 0.3 is 0 Å². The number of amides is 1. The number of carbonyl (C=O) groups is 1. The summed E-state index contributed by atoms with van der Waals surface area (Å²) in [4.78, 5) is 21.4. The number of hydrogen-bond acceptors (Lipinski definition) is 3. The number of H-pyrrole nitrogens is 1. The normalized spacial score (nSPS) is 18.3. The summed E-state index contributed by atoms with van der Waals surface area (Å²) in [7, 11) is 0. The molecule has 2 heterocycles. The molecule has 2 N–H and O–H groups in total. The van der Waals surface area contributed by atoms with Crippen LogP contribution in [0.15, 0.2) is 30.5 Å². The number of aromatic amines is 1. The average molecular weight is 312 g/mol. The van der Waals surface area contributed by atoms with Gasteiger partial charge in [0.25, 0.3) is 5.91 Å². The van der Waals surface area contributed by atoms with Crippen LogP contribution in [-0.4, -0.2) is 47.0 Å². The minimum Gasteiger partial charge on any atom is -0.348 e. The van der Waals surface area contributed by atoms with Gasteiger partial charge in [0.15, 0.2) is 5.82 Å². The summed E-state index contributed by atoms with van der Waals surface area (Å²) in [6, 6.07) is 8.64. The number of hydrogen-bond donors (Lipinski definition) is 2. The van der Waals surface area contributed by atoms with Crippen molar-refractivity contribution in [2.45, 2.75) is 26.2 Å². The van der Waals surface area contributed by atoms with Crippen LogP contribution in [0.25, 0.3) is 0 Å². The van der Waals surface area contributed by atoms with Crippen molar-refractivity contribution >= 4 is 5.91 Å². The topological polar surface area (TPSA) is 61.0 Å². The molecule has 3 rings (SSSR count). The van der Waals surface area contributed by atoms with E-state index in [0.29, 0.717) is 18.3 Å². The van der Waals surface area contributed by atoms with E-state index in [2.05, 4.69) is 51.4 Å². The number of likely N-dealkylation sites (tertiary alicyclic amines) is 1. The number of carbonyl (C=O) groups excluding carboxylic acids is 1. The van der Waals surface area contributed by atoms with E-state index >= 15 is 0 Å². The van der Waals surface area contributed by atoms with Gasteiger partial charge in [-0.1, -0.05) is 24.3 Å². The van der Waals surface area contributed by atoms with Crippen LogP contribution in [0.4, 0.5) is 0 Å². The monoisotopic (exact) mass is 312 g/mol. The molecule has 0 spiro atoms. The van der Waals surface area contributed by atoms with Gasteiger partial charge in [-0.15, -0.1) is 0 Å². The van der Waals surface area contributed by atoms with Gasteiger partial charge in [-0.3, -0.25) is 4.79 Å². The molecule has 122 valence electrons. The molecule has 1 saturated heterocycles. The van der Waals surface area contributed by atoms with E-state index in [9.17, 15) is 4.79 Å². The number of aromatic nitrogens is 2. The van der Waals surface area contributed by atoms with E-state index in [1.807, 2.05) is 6.92 Å². The Labute approximate surface area is 137 Å².